The molecule has 1 aromatic rings. The molecule has 0 unspecified atom stereocenters. The first-order chi connectivity index (χ1) is 11.6. The van der Waals surface area contributed by atoms with Gasteiger partial charge in [-0.25, -0.2) is 4.79 Å². The SMILES string of the molecule is COc1ccc(CCCC(=O)N2CCCC[C@@H]2C(=O)O)c(OC)c1. The zero-order valence-electron chi connectivity index (χ0n) is 14.3. The molecule has 1 aliphatic heterocycles. The topological polar surface area (TPSA) is 76.1 Å². The molecule has 24 heavy (non-hydrogen) atoms. The Labute approximate surface area is 142 Å². The van der Waals surface area contributed by atoms with Crippen LogP contribution in [0.1, 0.15) is 37.7 Å². The van der Waals surface area contributed by atoms with Crippen LogP contribution in [0, 0.1) is 0 Å². The summed E-state index contributed by atoms with van der Waals surface area (Å²) < 4.78 is 10.5. The van der Waals surface area contributed by atoms with Crippen LogP contribution < -0.4 is 9.47 Å². The van der Waals surface area contributed by atoms with Crippen LogP contribution in [0.15, 0.2) is 18.2 Å². The van der Waals surface area contributed by atoms with E-state index in [1.807, 2.05) is 18.2 Å². The molecular weight excluding hydrogens is 310 g/mol. The Balaban J connectivity index is 1.91. The number of amides is 1. The van der Waals surface area contributed by atoms with Crippen molar-refractivity contribution in [3.05, 3.63) is 23.8 Å². The molecule has 1 aromatic carbocycles. The fraction of sp³-hybridized carbons (Fsp3) is 0.556. The van der Waals surface area contributed by atoms with Crippen molar-refractivity contribution in [2.75, 3.05) is 20.8 Å². The van der Waals surface area contributed by atoms with Crippen LogP contribution in [0.4, 0.5) is 0 Å². The average molecular weight is 335 g/mol. The second-order valence-corrected chi connectivity index (χ2v) is 5.97. The van der Waals surface area contributed by atoms with Crippen molar-refractivity contribution in [2.24, 2.45) is 0 Å². The van der Waals surface area contributed by atoms with Gasteiger partial charge in [0.1, 0.15) is 17.5 Å². The Morgan fingerprint density at radius 3 is 2.71 bits per heavy atom. The number of carbonyl (C=O) groups excluding carboxylic acids is 1. The number of carboxylic acid groups (broad SMARTS) is 1. The van der Waals surface area contributed by atoms with E-state index in [9.17, 15) is 14.7 Å². The Morgan fingerprint density at radius 2 is 2.04 bits per heavy atom. The summed E-state index contributed by atoms with van der Waals surface area (Å²) in [5.74, 6) is 0.488. The van der Waals surface area contributed by atoms with Crippen LogP contribution in [0.3, 0.4) is 0 Å². The summed E-state index contributed by atoms with van der Waals surface area (Å²) in [4.78, 5) is 25.2. The molecule has 6 heteroatoms. The predicted molar refractivity (Wildman–Crippen MR) is 89.5 cm³/mol. The van der Waals surface area contributed by atoms with Gasteiger partial charge in [-0.2, -0.15) is 0 Å². The van der Waals surface area contributed by atoms with Crippen LogP contribution >= 0.6 is 0 Å². The molecule has 1 aliphatic rings. The van der Waals surface area contributed by atoms with Gasteiger partial charge in [0.25, 0.3) is 0 Å². The maximum absolute atomic E-state index is 12.4. The van der Waals surface area contributed by atoms with Gasteiger partial charge in [0, 0.05) is 19.0 Å². The van der Waals surface area contributed by atoms with E-state index in [0.29, 0.717) is 32.2 Å². The van der Waals surface area contributed by atoms with Gasteiger partial charge < -0.3 is 19.5 Å². The Kier molecular flexibility index (Phi) is 6.46. The van der Waals surface area contributed by atoms with Gasteiger partial charge in [-0.15, -0.1) is 0 Å². The normalized spacial score (nSPS) is 17.4. The molecular formula is C18H25NO5. The maximum atomic E-state index is 12.4. The van der Waals surface area contributed by atoms with E-state index in [2.05, 4.69) is 0 Å². The number of hydrogen-bond acceptors (Lipinski definition) is 4. The van der Waals surface area contributed by atoms with Crippen molar-refractivity contribution in [3.63, 3.8) is 0 Å². The van der Waals surface area contributed by atoms with Crippen molar-refractivity contribution in [3.8, 4) is 11.5 Å². The van der Waals surface area contributed by atoms with Gasteiger partial charge in [-0.3, -0.25) is 4.79 Å². The van der Waals surface area contributed by atoms with Crippen molar-refractivity contribution >= 4 is 11.9 Å². The minimum absolute atomic E-state index is 0.0745. The fourth-order valence-electron chi connectivity index (χ4n) is 3.12. The van der Waals surface area contributed by atoms with Crippen LogP contribution in [-0.2, 0) is 16.0 Å². The van der Waals surface area contributed by atoms with E-state index in [4.69, 9.17) is 9.47 Å². The third kappa shape index (κ3) is 4.40. The molecule has 0 aliphatic carbocycles. The van der Waals surface area contributed by atoms with Gasteiger partial charge in [0.05, 0.1) is 14.2 Å². The summed E-state index contributed by atoms with van der Waals surface area (Å²) >= 11 is 0. The molecule has 2 rings (SSSR count). The number of aliphatic carboxylic acids is 1. The molecule has 132 valence electrons. The molecule has 0 bridgehead atoms. The van der Waals surface area contributed by atoms with Crippen molar-refractivity contribution < 1.29 is 24.2 Å². The summed E-state index contributed by atoms with van der Waals surface area (Å²) in [6, 6.07) is 4.96. The summed E-state index contributed by atoms with van der Waals surface area (Å²) in [6.45, 7) is 0.543. The lowest BCUT2D eigenvalue weighted by Crippen LogP contribution is -2.47. The number of likely N-dealkylation sites (tertiary alicyclic amines) is 1. The van der Waals surface area contributed by atoms with Crippen LogP contribution in [0.2, 0.25) is 0 Å². The molecule has 0 saturated carbocycles. The molecule has 0 radical (unpaired) electrons. The van der Waals surface area contributed by atoms with Gasteiger partial charge in [-0.05, 0) is 43.7 Å². The number of rotatable bonds is 7. The lowest BCUT2D eigenvalue weighted by atomic mass is 10.0. The number of hydrogen-bond donors (Lipinski definition) is 1. The number of benzene rings is 1. The van der Waals surface area contributed by atoms with Crippen LogP contribution in [0.5, 0.6) is 11.5 Å². The minimum Gasteiger partial charge on any atom is -0.497 e. The number of methoxy groups -OCH3 is 2. The van der Waals surface area contributed by atoms with Crippen LogP contribution in [0.25, 0.3) is 0 Å². The molecule has 0 aromatic heterocycles. The standard InChI is InChI=1S/C18H25NO5/c1-23-14-10-9-13(16(12-14)24-2)6-5-8-17(20)19-11-4-3-7-15(19)18(21)22/h9-10,12,15H,3-8,11H2,1-2H3,(H,21,22)/t15-/m1/s1. The highest BCUT2D eigenvalue weighted by Gasteiger charge is 2.31. The van der Waals surface area contributed by atoms with E-state index in [1.54, 1.807) is 14.2 Å². The van der Waals surface area contributed by atoms with Gasteiger partial charge in [0.2, 0.25) is 5.91 Å². The molecule has 6 nitrogen and oxygen atoms in total. The summed E-state index contributed by atoms with van der Waals surface area (Å²) in [7, 11) is 3.21. The lowest BCUT2D eigenvalue weighted by Gasteiger charge is -2.33. The lowest BCUT2D eigenvalue weighted by molar-refractivity contribution is -0.152. The third-order valence-electron chi connectivity index (χ3n) is 4.44. The van der Waals surface area contributed by atoms with Crippen molar-refractivity contribution in [1.82, 2.24) is 4.90 Å². The number of carboxylic acids is 1. The highest BCUT2D eigenvalue weighted by molar-refractivity contribution is 5.83. The number of nitrogens with zero attached hydrogens (tertiary/aromatic N) is 1. The molecule has 1 N–H and O–H groups in total. The van der Waals surface area contributed by atoms with Crippen LogP contribution in [-0.4, -0.2) is 48.7 Å². The zero-order chi connectivity index (χ0) is 17.5. The van der Waals surface area contributed by atoms with E-state index in [-0.39, 0.29) is 5.91 Å². The molecule has 1 amide bonds. The van der Waals surface area contributed by atoms with Gasteiger partial charge >= 0.3 is 5.97 Å². The molecule has 1 fully saturated rings. The van der Waals surface area contributed by atoms with Crippen molar-refractivity contribution in [2.45, 2.75) is 44.6 Å². The largest absolute Gasteiger partial charge is 0.497 e. The van der Waals surface area contributed by atoms with E-state index < -0.39 is 12.0 Å². The molecule has 0 spiro atoms. The molecule has 1 atom stereocenters. The smallest absolute Gasteiger partial charge is 0.326 e. The first-order valence-corrected chi connectivity index (χ1v) is 8.30. The monoisotopic (exact) mass is 335 g/mol. The first-order valence-electron chi connectivity index (χ1n) is 8.30. The van der Waals surface area contributed by atoms with Gasteiger partial charge in [0.15, 0.2) is 0 Å². The van der Waals surface area contributed by atoms with Gasteiger partial charge in [-0.1, -0.05) is 6.07 Å². The third-order valence-corrected chi connectivity index (χ3v) is 4.44. The summed E-state index contributed by atoms with van der Waals surface area (Å²) in [5.41, 5.74) is 1.01. The molecule has 1 heterocycles. The maximum Gasteiger partial charge on any atom is 0.326 e. The van der Waals surface area contributed by atoms with E-state index in [1.165, 1.54) is 4.90 Å². The highest BCUT2D eigenvalue weighted by atomic mass is 16.5. The number of aryl methyl sites for hydroxylation is 1. The quantitative estimate of drug-likeness (QED) is 0.828. The van der Waals surface area contributed by atoms with E-state index in [0.717, 1.165) is 29.9 Å². The Hall–Kier alpha value is -2.24. The zero-order valence-corrected chi connectivity index (χ0v) is 14.3. The second kappa shape index (κ2) is 8.57. The fourth-order valence-corrected chi connectivity index (χ4v) is 3.12. The predicted octanol–water partition coefficient (Wildman–Crippen LogP) is 2.49. The highest BCUT2D eigenvalue weighted by Crippen LogP contribution is 2.26. The summed E-state index contributed by atoms with van der Waals surface area (Å²) in [5, 5.41) is 9.26. The number of ether oxygens (including phenoxy) is 2. The number of piperidine rings is 1. The Bertz CT molecular complexity index is 587. The minimum atomic E-state index is -0.903. The second-order valence-electron chi connectivity index (χ2n) is 5.97. The van der Waals surface area contributed by atoms with E-state index >= 15 is 0 Å². The Morgan fingerprint density at radius 1 is 1.25 bits per heavy atom. The summed E-state index contributed by atoms with van der Waals surface area (Å²) in [6.07, 6.45) is 3.99. The molecule has 1 saturated heterocycles. The van der Waals surface area contributed by atoms with Crippen molar-refractivity contribution in [1.29, 1.82) is 0 Å². The average Bonchev–Trinajstić information content (AvgIpc) is 2.61. The number of carbonyl (C=O) groups is 2. The first kappa shape index (κ1) is 18.1.